The van der Waals surface area contributed by atoms with Gasteiger partial charge in [-0.1, -0.05) is 6.07 Å². The summed E-state index contributed by atoms with van der Waals surface area (Å²) >= 11 is 0. The molecule has 0 spiro atoms. The molecule has 0 aliphatic carbocycles. The van der Waals surface area contributed by atoms with Gasteiger partial charge in [-0.2, -0.15) is 0 Å². The van der Waals surface area contributed by atoms with Crippen LogP contribution in [0.4, 0.5) is 15.8 Å². The molecule has 106 valence electrons. The first kappa shape index (κ1) is 15.2. The summed E-state index contributed by atoms with van der Waals surface area (Å²) in [7, 11) is -2.54. The number of hydrogen-bond acceptors (Lipinski definition) is 5. The fourth-order valence-electron chi connectivity index (χ4n) is 1.36. The Morgan fingerprint density at radius 1 is 1.47 bits per heavy atom. The van der Waals surface area contributed by atoms with E-state index in [1.807, 2.05) is 0 Å². The molecule has 0 fully saturated rings. The Morgan fingerprint density at radius 2 is 2.16 bits per heavy atom. The molecular formula is C11H15FN2O4S. The monoisotopic (exact) mass is 290 g/mol. The van der Waals surface area contributed by atoms with Gasteiger partial charge in [-0.05, 0) is 18.6 Å². The summed E-state index contributed by atoms with van der Waals surface area (Å²) in [6, 6.07) is 3.86. The number of esters is 1. The number of anilines is 2. The zero-order valence-corrected chi connectivity index (χ0v) is 11.2. The first-order valence-corrected chi connectivity index (χ1v) is 7.12. The van der Waals surface area contributed by atoms with Gasteiger partial charge in [0.1, 0.15) is 11.5 Å². The number of carbonyl (C=O) groups excluding carboxylic acids is 1. The fourth-order valence-corrected chi connectivity index (χ4v) is 2.52. The van der Waals surface area contributed by atoms with Crippen LogP contribution in [0.2, 0.25) is 0 Å². The molecule has 8 heteroatoms. The van der Waals surface area contributed by atoms with Gasteiger partial charge in [-0.15, -0.1) is 0 Å². The van der Waals surface area contributed by atoms with E-state index in [9.17, 15) is 17.6 Å². The summed E-state index contributed by atoms with van der Waals surface area (Å²) in [5.41, 5.74) is 5.21. The van der Waals surface area contributed by atoms with Crippen molar-refractivity contribution in [3.05, 3.63) is 24.0 Å². The summed E-state index contributed by atoms with van der Waals surface area (Å²) in [6.07, 6.45) is 0.0561. The zero-order chi connectivity index (χ0) is 14.5. The van der Waals surface area contributed by atoms with E-state index < -0.39 is 21.8 Å². The highest BCUT2D eigenvalue weighted by atomic mass is 32.2. The summed E-state index contributed by atoms with van der Waals surface area (Å²) in [5.74, 6) is -1.58. The van der Waals surface area contributed by atoms with Crippen molar-refractivity contribution in [1.82, 2.24) is 0 Å². The number of rotatable bonds is 6. The smallest absolute Gasteiger partial charge is 0.305 e. The van der Waals surface area contributed by atoms with Crippen LogP contribution in [0.5, 0.6) is 0 Å². The minimum absolute atomic E-state index is 0.00320. The molecule has 0 unspecified atom stereocenters. The van der Waals surface area contributed by atoms with Crippen molar-refractivity contribution in [2.75, 3.05) is 23.3 Å². The third-order valence-electron chi connectivity index (χ3n) is 2.33. The van der Waals surface area contributed by atoms with E-state index in [0.717, 1.165) is 6.07 Å². The van der Waals surface area contributed by atoms with Crippen LogP contribution in [0, 0.1) is 5.82 Å². The average molecular weight is 290 g/mol. The topological polar surface area (TPSA) is 98.5 Å². The molecular weight excluding hydrogens is 275 g/mol. The van der Waals surface area contributed by atoms with Crippen molar-refractivity contribution in [2.45, 2.75) is 12.8 Å². The molecule has 1 rings (SSSR count). The maximum atomic E-state index is 13.4. The zero-order valence-electron chi connectivity index (χ0n) is 10.3. The van der Waals surface area contributed by atoms with Crippen molar-refractivity contribution < 1.29 is 22.3 Å². The molecule has 0 aliphatic rings. The van der Waals surface area contributed by atoms with Crippen LogP contribution >= 0.6 is 0 Å². The summed E-state index contributed by atoms with van der Waals surface area (Å²) in [6.45, 7) is 0. The number of hydrogen-bond donors (Lipinski definition) is 2. The van der Waals surface area contributed by atoms with Gasteiger partial charge in [0, 0.05) is 6.42 Å². The molecule has 1 aromatic rings. The first-order valence-electron chi connectivity index (χ1n) is 5.47. The number of carbonyl (C=O) groups is 1. The number of para-hydroxylation sites is 1. The van der Waals surface area contributed by atoms with Crippen molar-refractivity contribution in [3.63, 3.8) is 0 Å². The van der Waals surface area contributed by atoms with Gasteiger partial charge in [0.25, 0.3) is 0 Å². The van der Waals surface area contributed by atoms with E-state index in [2.05, 4.69) is 9.46 Å². The number of sulfonamides is 1. The molecule has 0 radical (unpaired) electrons. The molecule has 0 aliphatic heterocycles. The van der Waals surface area contributed by atoms with Crippen LogP contribution in [0.1, 0.15) is 12.8 Å². The van der Waals surface area contributed by atoms with Gasteiger partial charge < -0.3 is 10.5 Å². The number of methoxy groups -OCH3 is 1. The lowest BCUT2D eigenvalue weighted by Crippen LogP contribution is -2.19. The summed E-state index contributed by atoms with van der Waals surface area (Å²) in [4.78, 5) is 10.8. The second-order valence-corrected chi connectivity index (χ2v) is 5.65. The van der Waals surface area contributed by atoms with Crippen molar-refractivity contribution in [1.29, 1.82) is 0 Å². The largest absolute Gasteiger partial charge is 0.469 e. The second-order valence-electron chi connectivity index (χ2n) is 3.80. The number of nitrogen functional groups attached to an aromatic ring is 1. The third kappa shape index (κ3) is 4.74. The number of benzene rings is 1. The molecule has 19 heavy (non-hydrogen) atoms. The molecule has 0 saturated carbocycles. The Morgan fingerprint density at radius 3 is 2.74 bits per heavy atom. The number of nitrogens with one attached hydrogen (secondary N) is 1. The van der Waals surface area contributed by atoms with Gasteiger partial charge in [-0.3, -0.25) is 9.52 Å². The van der Waals surface area contributed by atoms with E-state index >= 15 is 0 Å². The van der Waals surface area contributed by atoms with Crippen LogP contribution in [-0.2, 0) is 19.6 Å². The lowest BCUT2D eigenvalue weighted by molar-refractivity contribution is -0.140. The van der Waals surface area contributed by atoms with Crippen LogP contribution in [0.25, 0.3) is 0 Å². The summed E-state index contributed by atoms with van der Waals surface area (Å²) in [5, 5.41) is 0. The van der Waals surface area contributed by atoms with E-state index in [1.54, 1.807) is 0 Å². The van der Waals surface area contributed by atoms with E-state index in [4.69, 9.17) is 5.73 Å². The van der Waals surface area contributed by atoms with Crippen LogP contribution in [0.15, 0.2) is 18.2 Å². The van der Waals surface area contributed by atoms with Gasteiger partial charge in [0.2, 0.25) is 10.0 Å². The van der Waals surface area contributed by atoms with Crippen molar-refractivity contribution >= 4 is 27.4 Å². The van der Waals surface area contributed by atoms with Gasteiger partial charge >= 0.3 is 5.97 Å². The predicted molar refractivity (Wildman–Crippen MR) is 69.5 cm³/mol. The van der Waals surface area contributed by atoms with Crippen LogP contribution in [0.3, 0.4) is 0 Å². The molecule has 0 atom stereocenters. The Hall–Kier alpha value is -1.83. The number of ether oxygens (including phenoxy) is 1. The van der Waals surface area contributed by atoms with Crippen molar-refractivity contribution in [3.8, 4) is 0 Å². The highest BCUT2D eigenvalue weighted by molar-refractivity contribution is 7.92. The average Bonchev–Trinajstić information content (AvgIpc) is 2.33. The third-order valence-corrected chi connectivity index (χ3v) is 3.67. The van der Waals surface area contributed by atoms with E-state index in [0.29, 0.717) is 0 Å². The fraction of sp³-hybridized carbons (Fsp3) is 0.364. The van der Waals surface area contributed by atoms with Gasteiger partial charge in [0.15, 0.2) is 0 Å². The SMILES string of the molecule is COC(=O)CCCS(=O)(=O)Nc1c(N)cccc1F. The summed E-state index contributed by atoms with van der Waals surface area (Å²) < 4.78 is 43.2. The van der Waals surface area contributed by atoms with Crippen LogP contribution < -0.4 is 10.5 Å². The second kappa shape index (κ2) is 6.37. The minimum atomic E-state index is -3.76. The molecule has 0 heterocycles. The molecule has 3 N–H and O–H groups in total. The lowest BCUT2D eigenvalue weighted by Gasteiger charge is -2.10. The molecule has 0 bridgehead atoms. The number of nitrogens with two attached hydrogens (primary N) is 1. The Bertz CT molecular complexity index is 540. The van der Waals surface area contributed by atoms with E-state index in [1.165, 1.54) is 19.2 Å². The Kier molecular flexibility index (Phi) is 5.11. The van der Waals surface area contributed by atoms with E-state index in [-0.39, 0.29) is 30.0 Å². The Balaban J connectivity index is 2.67. The molecule has 0 aromatic heterocycles. The van der Waals surface area contributed by atoms with Gasteiger partial charge in [-0.25, -0.2) is 12.8 Å². The lowest BCUT2D eigenvalue weighted by atomic mass is 10.3. The predicted octanol–water partition coefficient (Wildman–Crippen LogP) is 1.10. The van der Waals surface area contributed by atoms with Gasteiger partial charge in [0.05, 0.1) is 18.6 Å². The molecule has 6 nitrogen and oxygen atoms in total. The minimum Gasteiger partial charge on any atom is -0.469 e. The van der Waals surface area contributed by atoms with Crippen LogP contribution in [-0.4, -0.2) is 27.2 Å². The van der Waals surface area contributed by atoms with Crippen molar-refractivity contribution in [2.24, 2.45) is 0 Å². The number of halogens is 1. The standard InChI is InChI=1S/C11H15FN2O4S/c1-18-10(15)6-3-7-19(16,17)14-11-8(12)4-2-5-9(11)13/h2,4-5,14H,3,6-7,13H2,1H3. The quantitative estimate of drug-likeness (QED) is 0.604. The highest BCUT2D eigenvalue weighted by Crippen LogP contribution is 2.23. The molecule has 1 aromatic carbocycles. The highest BCUT2D eigenvalue weighted by Gasteiger charge is 2.16. The molecule has 0 amide bonds. The maximum Gasteiger partial charge on any atom is 0.305 e. The molecule has 0 saturated heterocycles. The maximum absolute atomic E-state index is 13.4. The Labute approximate surface area is 110 Å². The normalized spacial score (nSPS) is 11.1. The first-order chi connectivity index (χ1) is 8.85.